The predicted molar refractivity (Wildman–Crippen MR) is 132 cm³/mol. The van der Waals surface area contributed by atoms with E-state index < -0.39 is 6.09 Å². The van der Waals surface area contributed by atoms with Crippen molar-refractivity contribution in [2.45, 2.75) is 65.5 Å². The first-order valence-electron chi connectivity index (χ1n) is 7.16. The van der Waals surface area contributed by atoms with Gasteiger partial charge in [-0.15, -0.1) is 0 Å². The minimum atomic E-state index is -0.671. The second kappa shape index (κ2) is 47.0. The van der Waals surface area contributed by atoms with Crippen LogP contribution in [0.1, 0.15) is 59.4 Å². The molecule has 0 aromatic carbocycles. The van der Waals surface area contributed by atoms with Crippen LogP contribution in [0.25, 0.3) is 0 Å². The number of hydrogen-bond donors (Lipinski definition) is 2. The molecular formula is C21H59NO9. The largest absolute Gasteiger partial charge is 0.447 e. The summed E-state index contributed by atoms with van der Waals surface area (Å²) in [4.78, 5) is 14.9. The zero-order chi connectivity index (χ0) is 17.2. The van der Waals surface area contributed by atoms with Crippen molar-refractivity contribution >= 4 is 6.09 Å². The second-order valence-electron chi connectivity index (χ2n) is 4.21. The first-order valence-corrected chi connectivity index (χ1v) is 7.16. The van der Waals surface area contributed by atoms with Gasteiger partial charge in [-0.3, -0.25) is 10.6 Å². The Morgan fingerprint density at radius 3 is 1.77 bits per heavy atom. The van der Waals surface area contributed by atoms with E-state index in [9.17, 15) is 4.79 Å². The van der Waals surface area contributed by atoms with Crippen LogP contribution >= 0.6 is 0 Å². The van der Waals surface area contributed by atoms with Gasteiger partial charge in [0.15, 0.2) is 0 Å². The molecule has 2 N–H and O–H groups in total. The Morgan fingerprint density at radius 1 is 0.742 bits per heavy atom. The molecule has 0 saturated carbocycles. The quantitative estimate of drug-likeness (QED) is 0.140. The van der Waals surface area contributed by atoms with Crippen molar-refractivity contribution < 1.29 is 43.4 Å². The highest BCUT2D eigenvalue weighted by Crippen LogP contribution is 1.96. The monoisotopic (exact) mass is 469 g/mol. The molecule has 0 aliphatic rings. The molecule has 0 aromatic heterocycles. The normalized spacial score (nSPS) is 9.00. The maximum absolute atomic E-state index is 11.2. The van der Waals surface area contributed by atoms with E-state index in [1.54, 1.807) is 14.2 Å². The van der Waals surface area contributed by atoms with Gasteiger partial charge in [0, 0.05) is 14.2 Å². The molecule has 202 valence electrons. The molecule has 0 saturated heterocycles. The maximum atomic E-state index is 11.2. The number of ether oxygens (including phenoxy) is 6. The number of methoxy groups -OCH3 is 2. The fraction of sp³-hybridized carbons (Fsp3) is 0.952. The summed E-state index contributed by atoms with van der Waals surface area (Å²) in [7, 11) is 3.18. The van der Waals surface area contributed by atoms with Crippen LogP contribution < -0.4 is 5.32 Å². The van der Waals surface area contributed by atoms with Gasteiger partial charge in [-0.1, -0.05) is 59.4 Å². The van der Waals surface area contributed by atoms with Crippen LogP contribution in [0.15, 0.2) is 0 Å². The van der Waals surface area contributed by atoms with Crippen LogP contribution in [0.3, 0.4) is 0 Å². The van der Waals surface area contributed by atoms with Crippen LogP contribution in [0.5, 0.6) is 0 Å². The van der Waals surface area contributed by atoms with Crippen molar-refractivity contribution in [3.63, 3.8) is 0 Å². The minimum Gasteiger partial charge on any atom is -0.447 e. The van der Waals surface area contributed by atoms with E-state index in [4.69, 9.17) is 28.9 Å². The molecule has 10 nitrogen and oxygen atoms in total. The zero-order valence-corrected chi connectivity index (χ0v) is 13.7. The number of carbonyl (C=O) groups excluding carboxylic acids is 1. The summed E-state index contributed by atoms with van der Waals surface area (Å²) < 4.78 is 30.7. The molecule has 0 radical (unpaired) electrons. The summed E-state index contributed by atoms with van der Waals surface area (Å²) in [6.07, 6.45) is -0.960. The zero-order valence-electron chi connectivity index (χ0n) is 13.7. The minimum absolute atomic E-state index is 0. The van der Waals surface area contributed by atoms with Crippen molar-refractivity contribution in [2.24, 2.45) is 0 Å². The van der Waals surface area contributed by atoms with Gasteiger partial charge in [0.05, 0.1) is 39.6 Å². The van der Waals surface area contributed by atoms with E-state index in [1.165, 1.54) is 0 Å². The number of hydrogen-bond acceptors (Lipinski definition) is 9. The molecule has 0 aromatic rings. The lowest BCUT2D eigenvalue weighted by atomic mass is 10.4. The molecule has 0 rings (SSSR count). The molecule has 0 aliphatic carbocycles. The Kier molecular flexibility index (Phi) is 86.7. The topological polar surface area (TPSA) is 114 Å². The van der Waals surface area contributed by atoms with E-state index >= 15 is 0 Å². The SMILES string of the molecule is C.C.C.C.C.C.C.C.COCCOCC(COCNC(=O)OCCOO)OCCOC. The highest BCUT2D eigenvalue weighted by atomic mass is 17.1. The Bertz CT molecular complexity index is 273. The van der Waals surface area contributed by atoms with Crippen molar-refractivity contribution in [2.75, 3.05) is 73.8 Å². The lowest BCUT2D eigenvalue weighted by molar-refractivity contribution is -0.246. The van der Waals surface area contributed by atoms with Gasteiger partial charge >= 0.3 is 6.09 Å². The van der Waals surface area contributed by atoms with E-state index in [-0.39, 0.29) is 92.1 Å². The van der Waals surface area contributed by atoms with Gasteiger partial charge in [0.2, 0.25) is 0 Å². The van der Waals surface area contributed by atoms with Crippen molar-refractivity contribution in [3.05, 3.63) is 0 Å². The number of carbonyl (C=O) groups is 1. The first kappa shape index (κ1) is 57.2. The van der Waals surface area contributed by atoms with Gasteiger partial charge in [0.1, 0.15) is 26.0 Å². The molecule has 1 amide bonds. The van der Waals surface area contributed by atoms with Crippen LogP contribution in [-0.2, 0) is 33.3 Å². The third-order valence-electron chi connectivity index (χ3n) is 2.41. The molecule has 1 atom stereocenters. The maximum Gasteiger partial charge on any atom is 0.409 e. The van der Waals surface area contributed by atoms with Crippen LogP contribution in [0.4, 0.5) is 4.79 Å². The number of nitrogens with one attached hydrogen (secondary N) is 1. The van der Waals surface area contributed by atoms with Gasteiger partial charge in [-0.25, -0.2) is 9.68 Å². The standard InChI is InChI=1S/C13H27NO9.8CH4/c1-17-3-5-19-9-12(21-6-4-18-2)10-20-11-14-13(15)22-7-8-23-16;;;;;;;;/h12,16H,3-11H2,1-2H3,(H,14,15);8*1H4. The molecule has 31 heavy (non-hydrogen) atoms. The van der Waals surface area contributed by atoms with Crippen LogP contribution in [0.2, 0.25) is 0 Å². The van der Waals surface area contributed by atoms with Crippen molar-refractivity contribution in [3.8, 4) is 0 Å². The van der Waals surface area contributed by atoms with Gasteiger partial charge in [0.25, 0.3) is 0 Å². The fourth-order valence-corrected chi connectivity index (χ4v) is 1.32. The van der Waals surface area contributed by atoms with Crippen LogP contribution in [-0.4, -0.2) is 91.3 Å². The molecule has 0 aliphatic heterocycles. The van der Waals surface area contributed by atoms with Gasteiger partial charge in [-0.2, -0.15) is 0 Å². The third kappa shape index (κ3) is 43.7. The average Bonchev–Trinajstić information content (AvgIpc) is 2.55. The molecule has 0 spiro atoms. The Labute approximate surface area is 194 Å². The summed E-state index contributed by atoms with van der Waals surface area (Å²) >= 11 is 0. The van der Waals surface area contributed by atoms with E-state index in [0.717, 1.165) is 0 Å². The number of rotatable bonds is 16. The van der Waals surface area contributed by atoms with Crippen LogP contribution in [0, 0.1) is 0 Å². The smallest absolute Gasteiger partial charge is 0.409 e. The third-order valence-corrected chi connectivity index (χ3v) is 2.41. The summed E-state index contributed by atoms with van der Waals surface area (Å²) in [5.74, 6) is 0. The molecule has 0 heterocycles. The highest BCUT2D eigenvalue weighted by Gasteiger charge is 2.10. The highest BCUT2D eigenvalue weighted by molar-refractivity contribution is 5.66. The summed E-state index contributed by atoms with van der Waals surface area (Å²) in [5, 5.41) is 10.4. The Balaban J connectivity index is -0.0000000864. The average molecular weight is 470 g/mol. The lowest BCUT2D eigenvalue weighted by Gasteiger charge is -2.18. The van der Waals surface area contributed by atoms with Crippen molar-refractivity contribution in [1.82, 2.24) is 5.32 Å². The first-order chi connectivity index (χ1) is 11.2. The van der Waals surface area contributed by atoms with E-state index in [2.05, 4.69) is 14.9 Å². The van der Waals surface area contributed by atoms with Crippen molar-refractivity contribution in [1.29, 1.82) is 0 Å². The number of alkyl carbamates (subject to hydrolysis) is 1. The van der Waals surface area contributed by atoms with E-state index in [0.29, 0.717) is 33.0 Å². The molecule has 1 unspecified atom stereocenters. The van der Waals surface area contributed by atoms with Gasteiger partial charge < -0.3 is 28.4 Å². The predicted octanol–water partition coefficient (Wildman–Crippen LogP) is 4.96. The number of amides is 1. The molecule has 10 heteroatoms. The lowest BCUT2D eigenvalue weighted by Crippen LogP contribution is -2.32. The molecule has 0 fully saturated rings. The fourth-order valence-electron chi connectivity index (χ4n) is 1.32. The second-order valence-corrected chi connectivity index (χ2v) is 4.21. The summed E-state index contributed by atoms with van der Waals surface area (Å²) in [6.45, 7) is 2.21. The molecule has 0 bridgehead atoms. The Hall–Kier alpha value is -1.01. The molecular weight excluding hydrogens is 410 g/mol. The Morgan fingerprint density at radius 2 is 1.26 bits per heavy atom. The van der Waals surface area contributed by atoms with Gasteiger partial charge in [-0.05, 0) is 0 Å². The summed E-state index contributed by atoms with van der Waals surface area (Å²) in [5.41, 5.74) is 0. The van der Waals surface area contributed by atoms with E-state index in [1.807, 2.05) is 0 Å². The summed E-state index contributed by atoms with van der Waals surface area (Å²) in [6, 6.07) is 0.